The summed E-state index contributed by atoms with van der Waals surface area (Å²) >= 11 is 0. The summed E-state index contributed by atoms with van der Waals surface area (Å²) in [7, 11) is 1.74. The van der Waals surface area contributed by atoms with Crippen LogP contribution in [0.15, 0.2) is 18.2 Å². The van der Waals surface area contributed by atoms with E-state index in [1.54, 1.807) is 25.8 Å². The van der Waals surface area contributed by atoms with E-state index in [0.29, 0.717) is 5.75 Å². The van der Waals surface area contributed by atoms with Crippen molar-refractivity contribution in [2.45, 2.75) is 37.9 Å². The molecule has 1 aromatic carbocycles. The third-order valence-corrected chi connectivity index (χ3v) is 3.77. The first-order valence-electron chi connectivity index (χ1n) is 6.18. The number of amides is 1. The van der Waals surface area contributed by atoms with Gasteiger partial charge >= 0.3 is 0 Å². The van der Waals surface area contributed by atoms with Gasteiger partial charge in [-0.15, -0.1) is 0 Å². The van der Waals surface area contributed by atoms with Crippen LogP contribution in [0, 0.1) is 0 Å². The summed E-state index contributed by atoms with van der Waals surface area (Å²) < 4.78 is 5.72. The molecule has 1 heterocycles. The van der Waals surface area contributed by atoms with Crippen LogP contribution in [0.5, 0.6) is 5.75 Å². The van der Waals surface area contributed by atoms with Crippen LogP contribution in [0.2, 0.25) is 0 Å². The lowest BCUT2D eigenvalue weighted by atomic mass is 10.0. The molecule has 18 heavy (non-hydrogen) atoms. The van der Waals surface area contributed by atoms with Crippen molar-refractivity contribution in [3.8, 4) is 5.75 Å². The van der Waals surface area contributed by atoms with Crippen molar-refractivity contribution in [3.63, 3.8) is 0 Å². The molecular formula is C14H17NO3. The summed E-state index contributed by atoms with van der Waals surface area (Å²) in [6.45, 7) is 3.52. The second-order valence-electron chi connectivity index (χ2n) is 5.69. The highest BCUT2D eigenvalue weighted by atomic mass is 16.5. The van der Waals surface area contributed by atoms with Gasteiger partial charge in [-0.2, -0.15) is 0 Å². The van der Waals surface area contributed by atoms with Gasteiger partial charge in [-0.05, 0) is 44.4 Å². The second kappa shape index (κ2) is 3.26. The van der Waals surface area contributed by atoms with E-state index in [-0.39, 0.29) is 5.91 Å². The van der Waals surface area contributed by atoms with Gasteiger partial charge in [0.05, 0.1) is 11.3 Å². The van der Waals surface area contributed by atoms with E-state index in [1.807, 2.05) is 18.2 Å². The summed E-state index contributed by atoms with van der Waals surface area (Å²) in [5, 5.41) is 10.1. The van der Waals surface area contributed by atoms with Crippen LogP contribution in [-0.4, -0.2) is 23.7 Å². The van der Waals surface area contributed by atoms with Crippen molar-refractivity contribution in [1.82, 2.24) is 0 Å². The van der Waals surface area contributed by atoms with E-state index in [1.165, 1.54) is 0 Å². The number of nitrogens with zero attached hydrogens (tertiary/aromatic N) is 1. The highest BCUT2D eigenvalue weighted by Gasteiger charge is 2.44. The zero-order chi connectivity index (χ0) is 13.1. The van der Waals surface area contributed by atoms with E-state index in [0.717, 1.165) is 24.1 Å². The van der Waals surface area contributed by atoms with Crippen LogP contribution in [0.4, 0.5) is 5.69 Å². The lowest BCUT2D eigenvalue weighted by Gasteiger charge is -2.37. The number of rotatable bonds is 1. The molecule has 4 nitrogen and oxygen atoms in total. The largest absolute Gasteiger partial charge is 0.476 e. The molecule has 0 bridgehead atoms. The quantitative estimate of drug-likeness (QED) is 0.823. The van der Waals surface area contributed by atoms with E-state index < -0.39 is 11.2 Å². The average molecular weight is 247 g/mol. The molecule has 4 heteroatoms. The Morgan fingerprint density at radius 2 is 2.00 bits per heavy atom. The first-order chi connectivity index (χ1) is 8.33. The summed E-state index contributed by atoms with van der Waals surface area (Å²) in [5.74, 6) is 0.616. The third kappa shape index (κ3) is 1.52. The smallest absolute Gasteiger partial charge is 0.270 e. The maximum atomic E-state index is 12.1. The number of carbonyl (C=O) groups excluding carboxylic acids is 1. The van der Waals surface area contributed by atoms with Crippen LogP contribution in [-0.2, 0) is 10.4 Å². The lowest BCUT2D eigenvalue weighted by molar-refractivity contribution is -0.132. The van der Waals surface area contributed by atoms with E-state index in [9.17, 15) is 9.90 Å². The molecule has 0 atom stereocenters. The van der Waals surface area contributed by atoms with E-state index in [4.69, 9.17) is 4.74 Å². The molecule has 0 spiro atoms. The van der Waals surface area contributed by atoms with Gasteiger partial charge in [0.25, 0.3) is 5.91 Å². The zero-order valence-corrected chi connectivity index (χ0v) is 10.9. The minimum absolute atomic E-state index is 0.0741. The highest BCUT2D eigenvalue weighted by molar-refractivity contribution is 6.02. The van der Waals surface area contributed by atoms with Crippen molar-refractivity contribution in [2.24, 2.45) is 0 Å². The molecule has 0 aromatic heterocycles. The van der Waals surface area contributed by atoms with Gasteiger partial charge < -0.3 is 14.7 Å². The van der Waals surface area contributed by atoms with Crippen molar-refractivity contribution >= 4 is 11.6 Å². The van der Waals surface area contributed by atoms with Crippen molar-refractivity contribution in [2.75, 3.05) is 11.9 Å². The van der Waals surface area contributed by atoms with Crippen LogP contribution in [0.1, 0.15) is 32.3 Å². The topological polar surface area (TPSA) is 49.8 Å². The van der Waals surface area contributed by atoms with Gasteiger partial charge in [-0.25, -0.2) is 0 Å². The molecule has 1 fully saturated rings. The minimum atomic E-state index is -0.834. The molecule has 1 aliphatic heterocycles. The Morgan fingerprint density at radius 1 is 1.33 bits per heavy atom. The van der Waals surface area contributed by atoms with Crippen LogP contribution in [0.25, 0.3) is 0 Å². The van der Waals surface area contributed by atoms with Crippen LogP contribution in [0.3, 0.4) is 0 Å². The number of hydrogen-bond donors (Lipinski definition) is 1. The molecule has 2 aliphatic rings. The first-order valence-corrected chi connectivity index (χ1v) is 6.18. The third-order valence-electron chi connectivity index (χ3n) is 3.77. The first kappa shape index (κ1) is 11.5. The highest BCUT2D eigenvalue weighted by Crippen LogP contribution is 2.48. The van der Waals surface area contributed by atoms with E-state index >= 15 is 0 Å². The Kier molecular flexibility index (Phi) is 2.09. The van der Waals surface area contributed by atoms with Gasteiger partial charge in [-0.3, -0.25) is 4.79 Å². The lowest BCUT2D eigenvalue weighted by Crippen LogP contribution is -2.50. The summed E-state index contributed by atoms with van der Waals surface area (Å²) in [6.07, 6.45) is 1.57. The predicted molar refractivity (Wildman–Crippen MR) is 67.7 cm³/mol. The van der Waals surface area contributed by atoms with Gasteiger partial charge in [-0.1, -0.05) is 6.07 Å². The van der Waals surface area contributed by atoms with Crippen molar-refractivity contribution in [3.05, 3.63) is 23.8 Å². The standard InChI is InChI=1S/C14H17NO3/c1-13(2)12(16)15(3)10-8-9(14(17)6-7-14)4-5-11(10)18-13/h4-5,8,17H,6-7H2,1-3H3. The summed E-state index contributed by atoms with van der Waals surface area (Å²) in [4.78, 5) is 13.7. The molecule has 1 saturated carbocycles. The molecule has 1 amide bonds. The van der Waals surface area contributed by atoms with Crippen molar-refractivity contribution in [1.29, 1.82) is 0 Å². The fourth-order valence-corrected chi connectivity index (χ4v) is 2.39. The zero-order valence-electron chi connectivity index (χ0n) is 10.9. The monoisotopic (exact) mass is 247 g/mol. The molecular weight excluding hydrogens is 230 g/mol. The SMILES string of the molecule is CN1C(=O)C(C)(C)Oc2ccc(C3(O)CC3)cc21. The van der Waals surface area contributed by atoms with Crippen molar-refractivity contribution < 1.29 is 14.6 Å². The van der Waals surface area contributed by atoms with Gasteiger partial charge in [0.1, 0.15) is 5.75 Å². The average Bonchev–Trinajstić information content (AvgIpc) is 3.05. The number of hydrogen-bond acceptors (Lipinski definition) is 3. The number of aliphatic hydroxyl groups is 1. The predicted octanol–water partition coefficient (Wildman–Crippen LogP) is 1.80. The molecule has 1 aliphatic carbocycles. The second-order valence-corrected chi connectivity index (χ2v) is 5.69. The Bertz CT molecular complexity index is 532. The van der Waals surface area contributed by atoms with Gasteiger partial charge in [0.2, 0.25) is 0 Å². The molecule has 1 N–H and O–H groups in total. The number of carbonyl (C=O) groups is 1. The molecule has 0 unspecified atom stereocenters. The van der Waals surface area contributed by atoms with E-state index in [2.05, 4.69) is 0 Å². The maximum absolute atomic E-state index is 12.1. The number of benzene rings is 1. The molecule has 1 aromatic rings. The van der Waals surface area contributed by atoms with Crippen LogP contribution < -0.4 is 9.64 Å². The normalized spacial score (nSPS) is 23.3. The van der Waals surface area contributed by atoms with Gasteiger partial charge in [0.15, 0.2) is 5.60 Å². The number of likely N-dealkylation sites (N-methyl/N-ethyl adjacent to an activating group) is 1. The summed E-state index contributed by atoms with van der Waals surface area (Å²) in [6, 6.07) is 5.58. The number of ether oxygens (including phenoxy) is 1. The fraction of sp³-hybridized carbons (Fsp3) is 0.500. The Balaban J connectivity index is 2.07. The molecule has 96 valence electrons. The minimum Gasteiger partial charge on any atom is -0.476 e. The molecule has 0 saturated heterocycles. The molecule has 3 rings (SSSR count). The Labute approximate surface area is 106 Å². The summed E-state index contributed by atoms with van der Waals surface area (Å²) in [5.41, 5.74) is 0.0763. The van der Waals surface area contributed by atoms with Crippen LogP contribution >= 0.6 is 0 Å². The maximum Gasteiger partial charge on any atom is 0.270 e. The van der Waals surface area contributed by atoms with Gasteiger partial charge in [0, 0.05) is 7.05 Å². The Hall–Kier alpha value is -1.55. The Morgan fingerprint density at radius 3 is 2.61 bits per heavy atom. The number of fused-ring (bicyclic) bond motifs is 1. The fourth-order valence-electron chi connectivity index (χ4n) is 2.39. The number of anilines is 1. The molecule has 0 radical (unpaired) electrons.